The predicted molar refractivity (Wildman–Crippen MR) is 78.9 cm³/mol. The van der Waals surface area contributed by atoms with Gasteiger partial charge in [0.25, 0.3) is 5.91 Å². The lowest BCUT2D eigenvalue weighted by Gasteiger charge is -2.43. The van der Waals surface area contributed by atoms with Crippen LogP contribution < -0.4 is 5.56 Å². The maximum absolute atomic E-state index is 12.4. The van der Waals surface area contributed by atoms with Gasteiger partial charge in [-0.15, -0.1) is 0 Å². The highest BCUT2D eigenvalue weighted by Crippen LogP contribution is 2.17. The van der Waals surface area contributed by atoms with Crippen molar-refractivity contribution < 1.29 is 4.79 Å². The number of aromatic amines is 1. The van der Waals surface area contributed by atoms with E-state index in [1.807, 2.05) is 4.90 Å². The van der Waals surface area contributed by atoms with E-state index in [1.165, 1.54) is 6.07 Å². The van der Waals surface area contributed by atoms with Gasteiger partial charge in [-0.1, -0.05) is 13.0 Å². The van der Waals surface area contributed by atoms with Crippen molar-refractivity contribution in [2.24, 2.45) is 0 Å². The quantitative estimate of drug-likeness (QED) is 0.906. The van der Waals surface area contributed by atoms with Crippen LogP contribution in [0.1, 0.15) is 37.7 Å². The van der Waals surface area contributed by atoms with E-state index in [2.05, 4.69) is 30.7 Å². The van der Waals surface area contributed by atoms with Crippen LogP contribution in [0, 0.1) is 0 Å². The summed E-state index contributed by atoms with van der Waals surface area (Å²) in [5.74, 6) is -0.0791. The third-order valence-corrected chi connectivity index (χ3v) is 3.95. The summed E-state index contributed by atoms with van der Waals surface area (Å²) in [6.07, 6.45) is 1.02. The lowest BCUT2D eigenvalue weighted by molar-refractivity contribution is 0.0367. The molecule has 1 saturated heterocycles. The van der Waals surface area contributed by atoms with Crippen LogP contribution in [0.2, 0.25) is 0 Å². The Morgan fingerprint density at radius 3 is 2.75 bits per heavy atom. The Morgan fingerprint density at radius 1 is 1.40 bits per heavy atom. The van der Waals surface area contributed by atoms with Gasteiger partial charge in [-0.25, -0.2) is 0 Å². The molecule has 0 aromatic carbocycles. The summed E-state index contributed by atoms with van der Waals surface area (Å²) in [7, 11) is 0. The molecule has 2 heterocycles. The van der Waals surface area contributed by atoms with Gasteiger partial charge < -0.3 is 9.88 Å². The second kappa shape index (κ2) is 6.22. The van der Waals surface area contributed by atoms with E-state index in [1.54, 1.807) is 12.1 Å². The number of pyridine rings is 1. The number of H-pyrrole nitrogens is 1. The second-order valence-corrected chi connectivity index (χ2v) is 5.57. The molecule has 0 saturated carbocycles. The van der Waals surface area contributed by atoms with Crippen molar-refractivity contribution >= 4 is 5.91 Å². The molecule has 5 nitrogen and oxygen atoms in total. The molecule has 1 atom stereocenters. The molecule has 1 aromatic heterocycles. The first-order chi connectivity index (χ1) is 9.52. The van der Waals surface area contributed by atoms with Crippen molar-refractivity contribution in [2.45, 2.75) is 39.3 Å². The maximum atomic E-state index is 12.4. The van der Waals surface area contributed by atoms with Crippen molar-refractivity contribution in [3.05, 3.63) is 34.2 Å². The smallest absolute Gasteiger partial charge is 0.270 e. The molecule has 0 bridgehead atoms. The maximum Gasteiger partial charge on any atom is 0.270 e. The number of rotatable bonds is 3. The van der Waals surface area contributed by atoms with Gasteiger partial charge in [-0.2, -0.15) is 0 Å². The molecule has 1 amide bonds. The van der Waals surface area contributed by atoms with Crippen LogP contribution in [0.3, 0.4) is 0 Å². The van der Waals surface area contributed by atoms with Crippen LogP contribution >= 0.6 is 0 Å². The van der Waals surface area contributed by atoms with E-state index < -0.39 is 0 Å². The minimum atomic E-state index is -0.233. The monoisotopic (exact) mass is 277 g/mol. The van der Waals surface area contributed by atoms with E-state index >= 15 is 0 Å². The molecule has 0 spiro atoms. The Labute approximate surface area is 119 Å². The summed E-state index contributed by atoms with van der Waals surface area (Å²) in [6.45, 7) is 8.86. The zero-order chi connectivity index (χ0) is 14.7. The minimum absolute atomic E-state index is 0.0791. The highest BCUT2D eigenvalue weighted by Gasteiger charge is 2.30. The first-order valence-electron chi connectivity index (χ1n) is 7.27. The van der Waals surface area contributed by atoms with E-state index in [0.29, 0.717) is 24.3 Å². The third kappa shape index (κ3) is 3.10. The Balaban J connectivity index is 2.11. The molecule has 1 aliphatic rings. The highest BCUT2D eigenvalue weighted by molar-refractivity contribution is 5.92. The van der Waals surface area contributed by atoms with Crippen molar-refractivity contribution in [2.75, 3.05) is 19.6 Å². The Kier molecular flexibility index (Phi) is 4.60. The van der Waals surface area contributed by atoms with Gasteiger partial charge in [0.15, 0.2) is 0 Å². The fraction of sp³-hybridized carbons (Fsp3) is 0.600. The summed E-state index contributed by atoms with van der Waals surface area (Å²) < 4.78 is 0. The van der Waals surface area contributed by atoms with Gasteiger partial charge in [0.2, 0.25) is 5.56 Å². The minimum Gasteiger partial charge on any atom is -0.335 e. The van der Waals surface area contributed by atoms with Crippen LogP contribution in [0.15, 0.2) is 23.0 Å². The molecule has 1 N–H and O–H groups in total. The largest absolute Gasteiger partial charge is 0.335 e. The average Bonchev–Trinajstić information content (AvgIpc) is 2.45. The molecule has 0 radical (unpaired) electrons. The zero-order valence-corrected chi connectivity index (χ0v) is 12.4. The van der Waals surface area contributed by atoms with Crippen molar-refractivity contribution in [1.82, 2.24) is 14.8 Å². The van der Waals surface area contributed by atoms with E-state index in [0.717, 1.165) is 19.5 Å². The van der Waals surface area contributed by atoms with Crippen LogP contribution in [-0.2, 0) is 0 Å². The summed E-state index contributed by atoms with van der Waals surface area (Å²) in [5, 5.41) is 0. The van der Waals surface area contributed by atoms with Crippen molar-refractivity contribution in [3.8, 4) is 0 Å². The number of nitrogens with zero attached hydrogens (tertiary/aromatic N) is 2. The zero-order valence-electron chi connectivity index (χ0n) is 12.4. The van der Waals surface area contributed by atoms with Gasteiger partial charge >= 0.3 is 0 Å². The first kappa shape index (κ1) is 14.8. The standard InChI is InChI=1S/C15H23N3O2/c1-4-12-10-17(8-9-18(12)11(2)3)15(20)13-6-5-7-14(19)16-13/h5-7,11-12H,4,8-10H2,1-3H3,(H,16,19). The van der Waals surface area contributed by atoms with Crippen LogP contribution in [0.25, 0.3) is 0 Å². The predicted octanol–water partition coefficient (Wildman–Crippen LogP) is 1.32. The molecule has 5 heteroatoms. The van der Waals surface area contributed by atoms with Gasteiger partial charge in [-0.3, -0.25) is 14.5 Å². The number of aromatic nitrogens is 1. The topological polar surface area (TPSA) is 56.4 Å². The molecule has 1 aliphatic heterocycles. The van der Waals surface area contributed by atoms with Crippen molar-refractivity contribution in [3.63, 3.8) is 0 Å². The SMILES string of the molecule is CCC1CN(C(=O)c2cccc(=O)[nH]2)CCN1C(C)C. The molecule has 1 unspecified atom stereocenters. The fourth-order valence-electron chi connectivity index (χ4n) is 2.84. The molecule has 20 heavy (non-hydrogen) atoms. The lowest BCUT2D eigenvalue weighted by Crippen LogP contribution is -2.56. The first-order valence-corrected chi connectivity index (χ1v) is 7.27. The van der Waals surface area contributed by atoms with Crippen LogP contribution in [0.4, 0.5) is 0 Å². The number of carbonyl (C=O) groups is 1. The van der Waals surface area contributed by atoms with E-state index in [-0.39, 0.29) is 11.5 Å². The van der Waals surface area contributed by atoms with Gasteiger partial charge in [-0.05, 0) is 26.3 Å². The molecule has 110 valence electrons. The molecular weight excluding hydrogens is 254 g/mol. The molecule has 0 aliphatic carbocycles. The average molecular weight is 277 g/mol. The number of piperazine rings is 1. The summed E-state index contributed by atoms with van der Waals surface area (Å²) >= 11 is 0. The summed E-state index contributed by atoms with van der Waals surface area (Å²) in [6, 6.07) is 5.59. The molecule has 1 aromatic rings. The molecule has 1 fully saturated rings. The molecular formula is C15H23N3O2. The fourth-order valence-corrected chi connectivity index (χ4v) is 2.84. The van der Waals surface area contributed by atoms with Crippen LogP contribution in [0.5, 0.6) is 0 Å². The number of amides is 1. The highest BCUT2D eigenvalue weighted by atomic mass is 16.2. The number of hydrogen-bond donors (Lipinski definition) is 1. The summed E-state index contributed by atoms with van der Waals surface area (Å²) in [4.78, 5) is 30.6. The number of hydrogen-bond acceptors (Lipinski definition) is 3. The third-order valence-electron chi connectivity index (χ3n) is 3.95. The van der Waals surface area contributed by atoms with Gasteiger partial charge in [0.1, 0.15) is 5.69 Å². The summed E-state index contributed by atoms with van der Waals surface area (Å²) in [5.41, 5.74) is 0.147. The lowest BCUT2D eigenvalue weighted by atomic mass is 10.1. The number of nitrogens with one attached hydrogen (secondary N) is 1. The van der Waals surface area contributed by atoms with E-state index in [9.17, 15) is 9.59 Å². The van der Waals surface area contributed by atoms with E-state index in [4.69, 9.17) is 0 Å². The molecule has 2 rings (SSSR count). The van der Waals surface area contributed by atoms with Gasteiger partial charge in [0, 0.05) is 37.8 Å². The van der Waals surface area contributed by atoms with Gasteiger partial charge in [0.05, 0.1) is 0 Å². The normalized spacial score (nSPS) is 20.4. The number of carbonyl (C=O) groups excluding carboxylic acids is 1. The Hall–Kier alpha value is -1.62. The second-order valence-electron chi connectivity index (χ2n) is 5.57. The Bertz CT molecular complexity index is 524. The van der Waals surface area contributed by atoms with Crippen LogP contribution in [-0.4, -0.2) is 52.4 Å². The van der Waals surface area contributed by atoms with Crippen molar-refractivity contribution in [1.29, 1.82) is 0 Å². The Morgan fingerprint density at radius 2 is 2.15 bits per heavy atom.